The molecule has 5 heteroatoms. The number of benzene rings is 4. The largest absolute Gasteiger partial charge is 4.00 e. The summed E-state index contributed by atoms with van der Waals surface area (Å²) < 4.78 is 0. The van der Waals surface area contributed by atoms with E-state index in [4.69, 9.17) is 0 Å². The van der Waals surface area contributed by atoms with Crippen LogP contribution in [0.2, 0.25) is 0 Å². The molecule has 70 heavy (non-hydrogen) atoms. The Hall–Kier alpha value is -1.97. The fourth-order valence-electron chi connectivity index (χ4n) is 10.9. The van der Waals surface area contributed by atoms with E-state index in [0.717, 1.165) is 0 Å². The predicted molar refractivity (Wildman–Crippen MR) is 298 cm³/mol. The van der Waals surface area contributed by atoms with Gasteiger partial charge in [0.15, 0.2) is 0 Å². The van der Waals surface area contributed by atoms with Crippen molar-refractivity contribution in [2.24, 2.45) is 0 Å². The van der Waals surface area contributed by atoms with Crippen molar-refractivity contribution in [3.05, 3.63) is 137 Å². The van der Waals surface area contributed by atoms with Gasteiger partial charge in [0.25, 0.3) is 0 Å². The van der Waals surface area contributed by atoms with Gasteiger partial charge in [-0.25, -0.2) is 0 Å². The van der Waals surface area contributed by atoms with E-state index in [-0.39, 0.29) is 58.9 Å². The van der Waals surface area contributed by atoms with Crippen LogP contribution < -0.4 is 58.0 Å². The fourth-order valence-corrected chi connectivity index (χ4v) is 16.2. The van der Waals surface area contributed by atoms with Gasteiger partial charge in [-0.3, -0.25) is 0 Å². The monoisotopic (exact) mass is 1060 g/mol. The molecule has 0 aliphatic heterocycles. The Labute approximate surface area is 466 Å². The molecule has 0 saturated carbocycles. The van der Waals surface area contributed by atoms with Crippen molar-refractivity contribution < 1.29 is 58.9 Å². The van der Waals surface area contributed by atoms with Crippen LogP contribution in [0, 0.1) is 0 Å². The van der Waals surface area contributed by atoms with Gasteiger partial charge < -0.3 is 37.2 Å². The Kier molecular flexibility index (Phi) is 36.4. The van der Waals surface area contributed by atoms with E-state index in [9.17, 15) is 0 Å². The Morgan fingerprint density at radius 3 is 0.843 bits per heavy atom. The Balaban J connectivity index is 0.00000612. The molecule has 0 atom stereocenters. The third-order valence-corrected chi connectivity index (χ3v) is 19.4. The molecule has 0 radical (unpaired) electrons. The molecule has 0 amide bonds. The summed E-state index contributed by atoms with van der Waals surface area (Å²) in [4.78, 5) is 0. The van der Waals surface area contributed by atoms with Crippen molar-refractivity contribution >= 4 is 28.8 Å². The maximum Gasteiger partial charge on any atom is 4.00 e. The molecule has 0 spiro atoms. The van der Waals surface area contributed by atoms with Gasteiger partial charge in [-0.15, -0.1) is 16.3 Å². The summed E-state index contributed by atoms with van der Waals surface area (Å²) >= 11 is 0. The maximum atomic E-state index is 2.78. The first-order chi connectivity index (χ1) is 32.5. The van der Waals surface area contributed by atoms with Gasteiger partial charge in [0.2, 0.25) is 0 Å². The van der Waals surface area contributed by atoms with Crippen LogP contribution in [-0.4, -0.2) is 8.07 Å². The topological polar surface area (TPSA) is 0 Å². The number of aryl methyl sites for hydroxylation is 6. The van der Waals surface area contributed by atoms with E-state index >= 15 is 0 Å². The standard InChI is InChI=1S/C65H95Si.3ClH.Ti/c1-7-13-19-26-35-54-45-55(36-27-20-14-8-2)49-61(48-54)66(65-44-34-43-64(65)60-41-32-25-33-42-60,62-50-56(37-28-21-15-9-3)46-57(51-62)38-29-22-16-10-4)63-52-58(39-30-23-17-11-5)47-59(53-63)40-31-24-18-12-6;;;;/h25,32-34,41-53H,7-24,26-31,35-40H2,1-6H3;3*1H;/q-1;;;;+4/p-3. The van der Waals surface area contributed by atoms with Gasteiger partial charge in [0.05, 0.1) is 0 Å². The molecule has 0 aliphatic carbocycles. The summed E-state index contributed by atoms with van der Waals surface area (Å²) in [6.07, 6.45) is 38.3. The van der Waals surface area contributed by atoms with E-state index in [1.807, 2.05) is 0 Å². The summed E-state index contributed by atoms with van der Waals surface area (Å²) in [6, 6.07) is 43.6. The molecule has 0 nitrogen and oxygen atoms in total. The molecule has 0 fully saturated rings. The van der Waals surface area contributed by atoms with Crippen LogP contribution in [0.25, 0.3) is 11.1 Å². The summed E-state index contributed by atoms with van der Waals surface area (Å²) in [5, 5.41) is 6.48. The molecule has 384 valence electrons. The van der Waals surface area contributed by atoms with Crippen LogP contribution in [0.15, 0.2) is 103 Å². The molecule has 5 aromatic carbocycles. The Morgan fingerprint density at radius 2 is 0.586 bits per heavy atom. The normalized spacial score (nSPS) is 11.1. The molecule has 0 unspecified atom stereocenters. The molecule has 0 N–H and O–H groups in total. The first-order valence-corrected chi connectivity index (χ1v) is 30.2. The van der Waals surface area contributed by atoms with E-state index in [2.05, 4.69) is 145 Å². The van der Waals surface area contributed by atoms with Crippen LogP contribution in [0.3, 0.4) is 0 Å². The van der Waals surface area contributed by atoms with Crippen molar-refractivity contribution in [1.82, 2.24) is 0 Å². The fraction of sp³-hybridized carbons (Fsp3) is 0.554. The van der Waals surface area contributed by atoms with Gasteiger partial charge in [-0.1, -0.05) is 258 Å². The third-order valence-electron chi connectivity index (χ3n) is 14.7. The van der Waals surface area contributed by atoms with E-state index in [1.54, 1.807) is 54.1 Å². The second kappa shape index (κ2) is 38.6. The van der Waals surface area contributed by atoms with Crippen molar-refractivity contribution in [2.45, 2.75) is 234 Å². The number of halogens is 3. The SMILES string of the molecule is CCCCCCc1cc(CCCCCC)cc([Si](c2cc(CCCCCC)cc(CCCCCC)c2)(c2cc(CCCCCC)cc(CCCCCC)c2)[c-]2cccc2-c2ccccc2)c1.[Cl-].[Cl-].[Cl-].[Ti+4]. The molecular weight excluding hydrogens is 963 g/mol. The van der Waals surface area contributed by atoms with Crippen molar-refractivity contribution in [2.75, 3.05) is 0 Å². The number of hydrogen-bond acceptors (Lipinski definition) is 0. The van der Waals surface area contributed by atoms with Crippen LogP contribution in [0.4, 0.5) is 0 Å². The average molecular weight is 1060 g/mol. The first-order valence-electron chi connectivity index (χ1n) is 28.2. The summed E-state index contributed by atoms with van der Waals surface area (Å²) in [5.41, 5.74) is 12.2. The van der Waals surface area contributed by atoms with Gasteiger partial charge in [0.1, 0.15) is 8.07 Å². The molecule has 0 aromatic heterocycles. The first kappa shape index (κ1) is 66.0. The van der Waals surface area contributed by atoms with Gasteiger partial charge in [0, 0.05) is 0 Å². The molecule has 0 heterocycles. The molecule has 5 aromatic rings. The summed E-state index contributed by atoms with van der Waals surface area (Å²) in [7, 11) is -2.99. The molecule has 0 saturated heterocycles. The minimum atomic E-state index is -2.99. The quantitative estimate of drug-likeness (QED) is 0.0166. The zero-order valence-electron chi connectivity index (χ0n) is 45.2. The third kappa shape index (κ3) is 20.7. The number of rotatable bonds is 35. The van der Waals surface area contributed by atoms with E-state index in [1.165, 1.54) is 204 Å². The molecule has 0 bridgehead atoms. The maximum absolute atomic E-state index is 2.99. The van der Waals surface area contributed by atoms with Crippen molar-refractivity contribution in [1.29, 1.82) is 0 Å². The summed E-state index contributed by atoms with van der Waals surface area (Å²) in [5.74, 6) is 0. The van der Waals surface area contributed by atoms with Crippen LogP contribution in [-0.2, 0) is 60.2 Å². The van der Waals surface area contributed by atoms with Crippen LogP contribution >= 0.6 is 0 Å². The molecular formula is C65H95Cl3SiTi. The zero-order valence-corrected chi connectivity index (χ0v) is 50.0. The van der Waals surface area contributed by atoms with Crippen LogP contribution in [0.1, 0.15) is 229 Å². The number of unbranched alkanes of at least 4 members (excludes halogenated alkanes) is 18. The second-order valence-corrected chi connectivity index (χ2v) is 24.2. The zero-order chi connectivity index (χ0) is 46.7. The summed E-state index contributed by atoms with van der Waals surface area (Å²) in [6.45, 7) is 14.1. The predicted octanol–water partition coefficient (Wildman–Crippen LogP) is 8.20. The van der Waals surface area contributed by atoms with Crippen LogP contribution in [0.5, 0.6) is 0 Å². The minimum absolute atomic E-state index is 0. The Bertz CT molecular complexity index is 1810. The Morgan fingerprint density at radius 1 is 0.314 bits per heavy atom. The van der Waals surface area contributed by atoms with Gasteiger partial charge in [-0.2, -0.15) is 18.2 Å². The molecule has 5 rings (SSSR count). The van der Waals surface area contributed by atoms with Crippen molar-refractivity contribution in [3.8, 4) is 11.1 Å². The van der Waals surface area contributed by atoms with Crippen molar-refractivity contribution in [3.63, 3.8) is 0 Å². The number of hydrogen-bond donors (Lipinski definition) is 0. The van der Waals surface area contributed by atoms with Gasteiger partial charge >= 0.3 is 21.7 Å². The average Bonchev–Trinajstić information content (AvgIpc) is 3.83. The second-order valence-electron chi connectivity index (χ2n) is 20.4. The minimum Gasteiger partial charge on any atom is -1.00 e. The van der Waals surface area contributed by atoms with Gasteiger partial charge in [-0.05, 0) is 110 Å². The van der Waals surface area contributed by atoms with E-state index in [0.29, 0.717) is 0 Å². The molecule has 0 aliphatic rings. The van der Waals surface area contributed by atoms with E-state index < -0.39 is 8.07 Å². The smallest absolute Gasteiger partial charge is 1.00 e.